The summed E-state index contributed by atoms with van der Waals surface area (Å²) in [5.74, 6) is -1.58. The lowest BCUT2D eigenvalue weighted by atomic mass is 9.77. The molecule has 9 heteroatoms. The number of halogens is 1. The summed E-state index contributed by atoms with van der Waals surface area (Å²) in [5.41, 5.74) is 8.29. The van der Waals surface area contributed by atoms with Crippen LogP contribution in [-0.2, 0) is 5.41 Å². The van der Waals surface area contributed by atoms with Crippen LogP contribution in [0.4, 0.5) is 15.9 Å². The van der Waals surface area contributed by atoms with Gasteiger partial charge in [0.05, 0.1) is 17.0 Å². The van der Waals surface area contributed by atoms with Crippen LogP contribution < -0.4 is 11.1 Å². The van der Waals surface area contributed by atoms with Gasteiger partial charge in [-0.15, -0.1) is 4.68 Å². The van der Waals surface area contributed by atoms with Gasteiger partial charge in [-0.05, 0) is 47.2 Å². The molecule has 154 valence electrons. The third-order valence-corrected chi connectivity index (χ3v) is 5.46. The SMILES string of the molecule is Cc1ccc(-n2cc(-c3cc4c(cc3F)C(=O)NCC4(C)C)c([N+](=O)[O-])n2)cc1N. The number of fused-ring (bicyclic) bond motifs is 1. The maximum atomic E-state index is 15.0. The van der Waals surface area contributed by atoms with Gasteiger partial charge in [0, 0.05) is 28.8 Å². The quantitative estimate of drug-likeness (QED) is 0.390. The van der Waals surface area contributed by atoms with Crippen LogP contribution in [0, 0.1) is 22.9 Å². The van der Waals surface area contributed by atoms with Crippen LogP contribution in [0.5, 0.6) is 0 Å². The molecule has 0 unspecified atom stereocenters. The van der Waals surface area contributed by atoms with E-state index in [4.69, 9.17) is 5.73 Å². The molecule has 0 radical (unpaired) electrons. The van der Waals surface area contributed by atoms with Crippen molar-refractivity contribution in [1.82, 2.24) is 15.1 Å². The van der Waals surface area contributed by atoms with E-state index in [2.05, 4.69) is 10.4 Å². The Balaban J connectivity index is 1.92. The predicted octanol–water partition coefficient (Wildman–Crippen LogP) is 3.50. The lowest BCUT2D eigenvalue weighted by Crippen LogP contribution is -2.43. The molecule has 3 N–H and O–H groups in total. The number of hydrogen-bond donors (Lipinski definition) is 2. The van der Waals surface area contributed by atoms with E-state index in [9.17, 15) is 14.9 Å². The zero-order valence-corrected chi connectivity index (χ0v) is 16.7. The number of aryl methyl sites for hydroxylation is 1. The molecule has 1 aliphatic heterocycles. The Bertz CT molecular complexity index is 1220. The Morgan fingerprint density at radius 3 is 2.63 bits per heavy atom. The summed E-state index contributed by atoms with van der Waals surface area (Å²) < 4.78 is 16.3. The molecule has 0 spiro atoms. The molecule has 2 aromatic carbocycles. The Morgan fingerprint density at radius 2 is 1.97 bits per heavy atom. The Morgan fingerprint density at radius 1 is 1.23 bits per heavy atom. The highest BCUT2D eigenvalue weighted by Gasteiger charge is 2.34. The van der Waals surface area contributed by atoms with Gasteiger partial charge in [0.2, 0.25) is 0 Å². The lowest BCUT2D eigenvalue weighted by molar-refractivity contribution is -0.389. The normalized spacial score (nSPS) is 14.9. The molecule has 0 aliphatic carbocycles. The molecule has 0 saturated heterocycles. The number of carbonyl (C=O) groups is 1. The Hall–Kier alpha value is -3.75. The van der Waals surface area contributed by atoms with E-state index in [-0.39, 0.29) is 22.6 Å². The summed E-state index contributed by atoms with van der Waals surface area (Å²) in [6.45, 7) is 6.06. The third kappa shape index (κ3) is 3.08. The molecule has 0 saturated carbocycles. The number of nitrogens with two attached hydrogens (primary N) is 1. The number of amides is 1. The second-order valence-electron chi connectivity index (χ2n) is 8.05. The van der Waals surface area contributed by atoms with Crippen molar-refractivity contribution < 1.29 is 14.1 Å². The number of nitrogen functional groups attached to an aromatic ring is 1. The van der Waals surface area contributed by atoms with Gasteiger partial charge in [-0.25, -0.2) is 4.39 Å². The van der Waals surface area contributed by atoms with Gasteiger partial charge in [-0.3, -0.25) is 4.79 Å². The van der Waals surface area contributed by atoms with Gasteiger partial charge < -0.3 is 21.2 Å². The molecule has 1 aromatic heterocycles. The van der Waals surface area contributed by atoms with E-state index in [1.165, 1.54) is 16.9 Å². The first-order chi connectivity index (χ1) is 14.1. The molecule has 1 aliphatic rings. The summed E-state index contributed by atoms with van der Waals surface area (Å²) in [6.07, 6.45) is 1.41. The number of rotatable bonds is 3. The molecule has 0 atom stereocenters. The molecule has 1 amide bonds. The summed E-state index contributed by atoms with van der Waals surface area (Å²) in [4.78, 5) is 23.2. The van der Waals surface area contributed by atoms with Crippen LogP contribution in [0.15, 0.2) is 36.5 Å². The number of hydrogen-bond acceptors (Lipinski definition) is 5. The summed E-state index contributed by atoms with van der Waals surface area (Å²) >= 11 is 0. The molecule has 4 rings (SSSR count). The van der Waals surface area contributed by atoms with E-state index in [1.807, 2.05) is 20.8 Å². The van der Waals surface area contributed by atoms with Gasteiger partial charge in [0.25, 0.3) is 5.91 Å². The largest absolute Gasteiger partial charge is 0.398 e. The van der Waals surface area contributed by atoms with Crippen LogP contribution in [-0.4, -0.2) is 27.2 Å². The Kier molecular flexibility index (Phi) is 4.34. The van der Waals surface area contributed by atoms with E-state index in [1.54, 1.807) is 18.2 Å². The number of aromatic nitrogens is 2. The van der Waals surface area contributed by atoms with Crippen molar-refractivity contribution in [1.29, 1.82) is 0 Å². The Labute approximate surface area is 171 Å². The van der Waals surface area contributed by atoms with E-state index >= 15 is 4.39 Å². The summed E-state index contributed by atoms with van der Waals surface area (Å²) in [6, 6.07) is 7.79. The highest BCUT2D eigenvalue weighted by atomic mass is 19.1. The van der Waals surface area contributed by atoms with Crippen molar-refractivity contribution >= 4 is 17.4 Å². The third-order valence-electron chi connectivity index (χ3n) is 5.46. The monoisotopic (exact) mass is 409 g/mol. The van der Waals surface area contributed by atoms with Gasteiger partial charge >= 0.3 is 5.82 Å². The van der Waals surface area contributed by atoms with Crippen molar-refractivity contribution in [2.75, 3.05) is 12.3 Å². The first-order valence-electron chi connectivity index (χ1n) is 9.31. The van der Waals surface area contributed by atoms with Crippen LogP contribution >= 0.6 is 0 Å². The fourth-order valence-electron chi connectivity index (χ4n) is 3.61. The van der Waals surface area contributed by atoms with Crippen molar-refractivity contribution in [3.05, 3.63) is 69.2 Å². The fourth-order valence-corrected chi connectivity index (χ4v) is 3.61. The van der Waals surface area contributed by atoms with Crippen molar-refractivity contribution in [3.63, 3.8) is 0 Å². The topological polar surface area (TPSA) is 116 Å². The van der Waals surface area contributed by atoms with E-state index in [0.29, 0.717) is 23.5 Å². The number of nitrogens with one attached hydrogen (secondary N) is 1. The predicted molar refractivity (Wildman–Crippen MR) is 110 cm³/mol. The van der Waals surface area contributed by atoms with E-state index < -0.39 is 22.0 Å². The molecular weight excluding hydrogens is 389 g/mol. The zero-order valence-electron chi connectivity index (χ0n) is 16.7. The molecule has 0 bridgehead atoms. The molecule has 0 fully saturated rings. The molecule has 3 aromatic rings. The molecule has 2 heterocycles. The minimum atomic E-state index is -0.729. The van der Waals surface area contributed by atoms with Gasteiger partial charge in [-0.1, -0.05) is 19.9 Å². The highest BCUT2D eigenvalue weighted by molar-refractivity contribution is 5.98. The van der Waals surface area contributed by atoms with Crippen LogP contribution in [0.3, 0.4) is 0 Å². The highest BCUT2D eigenvalue weighted by Crippen LogP contribution is 2.38. The standard InChI is InChI=1S/C21H20FN5O3/c1-11-4-5-12(6-18(11)23)26-9-15(19(25-26)27(29)30)13-7-16-14(8-17(13)22)20(28)24-10-21(16,2)3/h4-9H,10,23H2,1-3H3,(H,24,28). The average molecular weight is 409 g/mol. The second-order valence-corrected chi connectivity index (χ2v) is 8.05. The van der Waals surface area contributed by atoms with Crippen LogP contribution in [0.1, 0.15) is 35.3 Å². The summed E-state index contributed by atoms with van der Waals surface area (Å²) in [7, 11) is 0. The van der Waals surface area contributed by atoms with Crippen molar-refractivity contribution in [2.24, 2.45) is 0 Å². The smallest absolute Gasteiger partial charge is 0.398 e. The van der Waals surface area contributed by atoms with E-state index in [0.717, 1.165) is 11.6 Å². The minimum Gasteiger partial charge on any atom is -0.398 e. The number of nitro groups is 1. The van der Waals surface area contributed by atoms with Gasteiger partial charge in [-0.2, -0.15) is 0 Å². The fraction of sp³-hybridized carbons (Fsp3) is 0.238. The summed E-state index contributed by atoms with van der Waals surface area (Å²) in [5, 5.41) is 18.4. The minimum absolute atomic E-state index is 0.0227. The van der Waals surface area contributed by atoms with Gasteiger partial charge in [0.1, 0.15) is 11.4 Å². The second kappa shape index (κ2) is 6.65. The number of carbonyl (C=O) groups excluding carboxylic acids is 1. The number of benzene rings is 2. The number of nitrogens with zero attached hydrogens (tertiary/aromatic N) is 3. The van der Waals surface area contributed by atoms with Crippen LogP contribution in [0.2, 0.25) is 0 Å². The first kappa shape index (κ1) is 19.6. The molecule has 8 nitrogen and oxygen atoms in total. The molecular formula is C21H20FN5O3. The first-order valence-corrected chi connectivity index (χ1v) is 9.31. The van der Waals surface area contributed by atoms with Crippen molar-refractivity contribution in [2.45, 2.75) is 26.2 Å². The lowest BCUT2D eigenvalue weighted by Gasteiger charge is -2.32. The number of anilines is 1. The van der Waals surface area contributed by atoms with Gasteiger partial charge in [0.15, 0.2) is 0 Å². The average Bonchev–Trinajstić information content (AvgIpc) is 3.12. The zero-order chi connectivity index (χ0) is 21.8. The maximum absolute atomic E-state index is 15.0. The van der Waals surface area contributed by atoms with Crippen LogP contribution in [0.25, 0.3) is 16.8 Å². The van der Waals surface area contributed by atoms with Crippen molar-refractivity contribution in [3.8, 4) is 16.8 Å². The molecule has 30 heavy (non-hydrogen) atoms. The maximum Gasteiger partial charge on any atom is 0.398 e.